The van der Waals surface area contributed by atoms with Gasteiger partial charge in [0.2, 0.25) is 5.91 Å². The number of fused-ring (bicyclic) bond motifs is 1. The van der Waals surface area contributed by atoms with Crippen LogP contribution >= 0.6 is 0 Å². The highest BCUT2D eigenvalue weighted by atomic mass is 16.5. The molecule has 3 rings (SSSR count). The molecular formula is C19H22N2O6. The van der Waals surface area contributed by atoms with Gasteiger partial charge in [0.1, 0.15) is 5.76 Å². The summed E-state index contributed by atoms with van der Waals surface area (Å²) in [5.41, 5.74) is 2.26. The maximum Gasteiger partial charge on any atom is 0.305 e. The van der Waals surface area contributed by atoms with Crippen LogP contribution in [-0.2, 0) is 22.4 Å². The molecule has 2 aromatic rings. The fraction of sp³-hybridized carbons (Fsp3) is 0.421. The first-order valence-electron chi connectivity index (χ1n) is 8.61. The van der Waals surface area contributed by atoms with Crippen LogP contribution in [0.2, 0.25) is 0 Å². The molecule has 1 aromatic heterocycles. The molecule has 1 aromatic carbocycles. The molecule has 0 bridgehead atoms. The summed E-state index contributed by atoms with van der Waals surface area (Å²) in [7, 11) is 3.08. The second kappa shape index (κ2) is 7.69. The highest BCUT2D eigenvalue weighted by molar-refractivity contribution is 5.80. The Morgan fingerprint density at radius 3 is 2.56 bits per heavy atom. The van der Waals surface area contributed by atoms with Gasteiger partial charge in [0.15, 0.2) is 11.5 Å². The molecule has 8 nitrogen and oxygen atoms in total. The summed E-state index contributed by atoms with van der Waals surface area (Å²) < 4.78 is 15.7. The highest BCUT2D eigenvalue weighted by Crippen LogP contribution is 2.39. The number of amides is 1. The summed E-state index contributed by atoms with van der Waals surface area (Å²) in [6.07, 6.45) is 0.484. The Hall–Kier alpha value is -3.03. The molecule has 2 heterocycles. The average molecular weight is 374 g/mol. The van der Waals surface area contributed by atoms with Gasteiger partial charge >= 0.3 is 5.97 Å². The molecule has 8 heteroatoms. The molecule has 1 N–H and O–H groups in total. The van der Waals surface area contributed by atoms with E-state index in [4.69, 9.17) is 14.0 Å². The van der Waals surface area contributed by atoms with Crippen LogP contribution in [0.1, 0.15) is 35.0 Å². The molecule has 0 saturated heterocycles. The number of aryl methyl sites for hydroxylation is 1. The van der Waals surface area contributed by atoms with E-state index in [9.17, 15) is 14.7 Å². The van der Waals surface area contributed by atoms with E-state index in [-0.39, 0.29) is 18.7 Å². The molecule has 0 spiro atoms. The first-order chi connectivity index (χ1) is 12.9. The van der Waals surface area contributed by atoms with Crippen molar-refractivity contribution in [2.45, 2.75) is 32.2 Å². The molecule has 144 valence electrons. The highest BCUT2D eigenvalue weighted by Gasteiger charge is 2.33. The van der Waals surface area contributed by atoms with E-state index < -0.39 is 12.0 Å². The number of carbonyl (C=O) groups excluding carboxylic acids is 1. The summed E-state index contributed by atoms with van der Waals surface area (Å²) in [5, 5.41) is 13.2. The van der Waals surface area contributed by atoms with Crippen LogP contribution in [0.25, 0.3) is 0 Å². The molecule has 27 heavy (non-hydrogen) atoms. The zero-order chi connectivity index (χ0) is 19.6. The molecule has 1 aliphatic heterocycles. The molecule has 1 aliphatic rings. The van der Waals surface area contributed by atoms with Gasteiger partial charge in [-0.05, 0) is 36.6 Å². The third-order valence-corrected chi connectivity index (χ3v) is 4.70. The second-order valence-corrected chi connectivity index (χ2v) is 6.46. The molecule has 1 unspecified atom stereocenters. The SMILES string of the molecule is COc1cc2c(cc1OC)C(CC(=O)O)N(C(=O)Cc1cc(C)on1)CC2. The molecule has 0 aliphatic carbocycles. The van der Waals surface area contributed by atoms with Crippen molar-refractivity contribution in [2.75, 3.05) is 20.8 Å². The lowest BCUT2D eigenvalue weighted by molar-refractivity contribution is -0.141. The fourth-order valence-electron chi connectivity index (χ4n) is 3.47. The van der Waals surface area contributed by atoms with Gasteiger partial charge in [-0.2, -0.15) is 0 Å². The van der Waals surface area contributed by atoms with E-state index in [1.165, 1.54) is 7.11 Å². The predicted octanol–water partition coefficient (Wildman–Crippen LogP) is 2.14. The van der Waals surface area contributed by atoms with Crippen LogP contribution in [0.5, 0.6) is 11.5 Å². The molecule has 1 amide bonds. The third-order valence-electron chi connectivity index (χ3n) is 4.70. The van der Waals surface area contributed by atoms with Crippen molar-refractivity contribution in [1.29, 1.82) is 0 Å². The van der Waals surface area contributed by atoms with Gasteiger partial charge in [0.25, 0.3) is 0 Å². The number of rotatable bonds is 6. The Labute approximate surface area is 156 Å². The quantitative estimate of drug-likeness (QED) is 0.826. The number of carboxylic acid groups (broad SMARTS) is 1. The number of methoxy groups -OCH3 is 2. The summed E-state index contributed by atoms with van der Waals surface area (Å²) in [6, 6.07) is 4.75. The van der Waals surface area contributed by atoms with Gasteiger partial charge in [-0.3, -0.25) is 9.59 Å². The minimum atomic E-state index is -0.974. The largest absolute Gasteiger partial charge is 0.493 e. The maximum absolute atomic E-state index is 12.9. The first-order valence-corrected chi connectivity index (χ1v) is 8.61. The Morgan fingerprint density at radius 1 is 1.26 bits per heavy atom. The van der Waals surface area contributed by atoms with Crippen molar-refractivity contribution >= 4 is 11.9 Å². The van der Waals surface area contributed by atoms with Crippen molar-refractivity contribution in [3.63, 3.8) is 0 Å². The van der Waals surface area contributed by atoms with E-state index in [0.29, 0.717) is 35.9 Å². The number of nitrogens with zero attached hydrogens (tertiary/aromatic N) is 2. The maximum atomic E-state index is 12.9. The van der Waals surface area contributed by atoms with Crippen molar-refractivity contribution in [2.24, 2.45) is 0 Å². The van der Waals surface area contributed by atoms with Crippen LogP contribution in [0.4, 0.5) is 0 Å². The Morgan fingerprint density at radius 2 is 1.96 bits per heavy atom. The van der Waals surface area contributed by atoms with E-state index in [1.54, 1.807) is 31.1 Å². The molecule has 0 radical (unpaired) electrons. The summed E-state index contributed by atoms with van der Waals surface area (Å²) in [4.78, 5) is 25.9. The van der Waals surface area contributed by atoms with Crippen LogP contribution in [0, 0.1) is 6.92 Å². The Balaban J connectivity index is 1.94. The van der Waals surface area contributed by atoms with Crippen molar-refractivity contribution < 1.29 is 28.7 Å². The summed E-state index contributed by atoms with van der Waals surface area (Å²) in [5.74, 6) is 0.560. The van der Waals surface area contributed by atoms with E-state index in [1.807, 2.05) is 6.07 Å². The van der Waals surface area contributed by atoms with Crippen molar-refractivity contribution in [1.82, 2.24) is 10.1 Å². The number of aliphatic carboxylic acids is 1. The van der Waals surface area contributed by atoms with E-state index in [2.05, 4.69) is 5.16 Å². The van der Waals surface area contributed by atoms with Crippen molar-refractivity contribution in [3.05, 3.63) is 40.8 Å². The van der Waals surface area contributed by atoms with Crippen molar-refractivity contribution in [3.8, 4) is 11.5 Å². The fourth-order valence-corrected chi connectivity index (χ4v) is 3.47. The smallest absolute Gasteiger partial charge is 0.305 e. The zero-order valence-electron chi connectivity index (χ0n) is 15.5. The lowest BCUT2D eigenvalue weighted by Gasteiger charge is -2.37. The Kier molecular flexibility index (Phi) is 5.34. The number of carbonyl (C=O) groups is 2. The second-order valence-electron chi connectivity index (χ2n) is 6.46. The van der Waals surface area contributed by atoms with Crippen LogP contribution in [-0.4, -0.2) is 47.8 Å². The van der Waals surface area contributed by atoms with Crippen LogP contribution < -0.4 is 9.47 Å². The topological polar surface area (TPSA) is 102 Å². The standard InChI is InChI=1S/C19H22N2O6/c1-11-6-13(20-27-11)8-18(22)21-5-4-12-7-16(25-2)17(26-3)9-14(12)15(21)10-19(23)24/h6-7,9,15H,4-5,8,10H2,1-3H3,(H,23,24). The first kappa shape index (κ1) is 18.8. The number of aromatic nitrogens is 1. The number of hydrogen-bond acceptors (Lipinski definition) is 6. The average Bonchev–Trinajstić information content (AvgIpc) is 3.04. The third kappa shape index (κ3) is 3.89. The number of hydrogen-bond donors (Lipinski definition) is 1. The lowest BCUT2D eigenvalue weighted by atomic mass is 9.89. The molecular weight excluding hydrogens is 352 g/mol. The number of benzene rings is 1. The van der Waals surface area contributed by atoms with Gasteiger partial charge in [-0.25, -0.2) is 0 Å². The molecule has 0 saturated carbocycles. The van der Waals surface area contributed by atoms with Gasteiger partial charge in [-0.1, -0.05) is 5.16 Å². The Bertz CT molecular complexity index is 860. The van der Waals surface area contributed by atoms with Gasteiger partial charge in [-0.15, -0.1) is 0 Å². The van der Waals surface area contributed by atoms with Crippen LogP contribution in [0.3, 0.4) is 0 Å². The monoisotopic (exact) mass is 374 g/mol. The zero-order valence-corrected chi connectivity index (χ0v) is 15.5. The summed E-state index contributed by atoms with van der Waals surface area (Å²) >= 11 is 0. The number of ether oxygens (including phenoxy) is 2. The van der Waals surface area contributed by atoms with Gasteiger partial charge < -0.3 is 24.0 Å². The lowest BCUT2D eigenvalue weighted by Crippen LogP contribution is -2.41. The summed E-state index contributed by atoms with van der Waals surface area (Å²) in [6.45, 7) is 2.18. The predicted molar refractivity (Wildman–Crippen MR) is 94.9 cm³/mol. The van der Waals surface area contributed by atoms with Gasteiger partial charge in [0, 0.05) is 12.6 Å². The normalized spacial score (nSPS) is 16.0. The number of carboxylic acids is 1. The van der Waals surface area contributed by atoms with Gasteiger partial charge in [0.05, 0.1) is 38.8 Å². The molecule has 1 atom stereocenters. The van der Waals surface area contributed by atoms with E-state index in [0.717, 1.165) is 11.1 Å². The molecule has 0 fully saturated rings. The minimum Gasteiger partial charge on any atom is -0.493 e. The van der Waals surface area contributed by atoms with E-state index >= 15 is 0 Å². The van der Waals surface area contributed by atoms with Crippen LogP contribution in [0.15, 0.2) is 22.7 Å². The minimum absolute atomic E-state index is 0.0656.